The molecule has 1 fully saturated rings. The average molecular weight is 334 g/mol. The van der Waals surface area contributed by atoms with Crippen LogP contribution in [-0.4, -0.2) is 39.9 Å². The minimum Gasteiger partial charge on any atom is -0.480 e. The molecule has 4 rings (SSSR count). The van der Waals surface area contributed by atoms with Gasteiger partial charge in [0.15, 0.2) is 0 Å². The van der Waals surface area contributed by atoms with E-state index in [4.69, 9.17) is 10.2 Å². The highest BCUT2D eigenvalue weighted by Gasteiger charge is 2.33. The molecule has 4 aliphatic rings. The lowest BCUT2D eigenvalue weighted by atomic mass is 9.86. The van der Waals surface area contributed by atoms with E-state index in [0.717, 1.165) is 38.5 Å². The molecule has 0 saturated heterocycles. The van der Waals surface area contributed by atoms with Gasteiger partial charge < -0.3 is 15.5 Å². The monoisotopic (exact) mass is 334 g/mol. The molecule has 6 heteroatoms. The summed E-state index contributed by atoms with van der Waals surface area (Å²) in [7, 11) is 0. The molecule has 0 amide bonds. The van der Waals surface area contributed by atoms with Crippen LogP contribution in [0.3, 0.4) is 0 Å². The van der Waals surface area contributed by atoms with Crippen molar-refractivity contribution in [2.45, 2.75) is 76.3 Å². The molecule has 24 heavy (non-hydrogen) atoms. The Bertz CT molecular complexity index is 564. The van der Waals surface area contributed by atoms with Gasteiger partial charge in [0.25, 0.3) is 0 Å². The minimum absolute atomic E-state index is 0.340. The zero-order valence-electron chi connectivity index (χ0n) is 14.0. The van der Waals surface area contributed by atoms with Crippen molar-refractivity contribution in [1.82, 2.24) is 5.32 Å². The van der Waals surface area contributed by atoms with Crippen LogP contribution in [0, 0.1) is 5.92 Å². The lowest BCUT2D eigenvalue weighted by molar-refractivity contribution is -0.139. The Kier molecular flexibility index (Phi) is 5.21. The maximum Gasteiger partial charge on any atom is 0.328 e. The number of carboxylic acids is 2. The predicted octanol–water partition coefficient (Wildman–Crippen LogP) is 2.74. The average Bonchev–Trinajstić information content (AvgIpc) is 3.19. The van der Waals surface area contributed by atoms with Gasteiger partial charge in [0.1, 0.15) is 12.1 Å². The van der Waals surface area contributed by atoms with Crippen molar-refractivity contribution >= 4 is 17.7 Å². The number of allylic oxidation sites excluding steroid dienone is 1. The van der Waals surface area contributed by atoms with Crippen LogP contribution in [0.2, 0.25) is 0 Å². The minimum atomic E-state index is -0.753. The molecule has 2 aliphatic carbocycles. The van der Waals surface area contributed by atoms with E-state index >= 15 is 0 Å². The van der Waals surface area contributed by atoms with Crippen molar-refractivity contribution in [3.63, 3.8) is 0 Å². The first-order chi connectivity index (χ1) is 11.5. The first-order valence-corrected chi connectivity index (χ1v) is 9.04. The van der Waals surface area contributed by atoms with Gasteiger partial charge in [-0.05, 0) is 62.9 Å². The second-order valence-corrected chi connectivity index (χ2v) is 7.18. The second kappa shape index (κ2) is 7.36. The molecule has 0 aromatic heterocycles. The van der Waals surface area contributed by atoms with E-state index < -0.39 is 18.0 Å². The lowest BCUT2D eigenvalue weighted by Crippen LogP contribution is -2.31. The van der Waals surface area contributed by atoms with Crippen LogP contribution in [-0.2, 0) is 9.59 Å². The van der Waals surface area contributed by atoms with E-state index in [-0.39, 0.29) is 6.04 Å². The fourth-order valence-corrected chi connectivity index (χ4v) is 4.19. The van der Waals surface area contributed by atoms with Crippen molar-refractivity contribution in [2.24, 2.45) is 10.9 Å². The second-order valence-electron chi connectivity index (χ2n) is 7.18. The smallest absolute Gasteiger partial charge is 0.328 e. The zero-order chi connectivity index (χ0) is 17.1. The Morgan fingerprint density at radius 2 is 1.75 bits per heavy atom. The Hall–Kier alpha value is -1.85. The van der Waals surface area contributed by atoms with Crippen molar-refractivity contribution in [1.29, 1.82) is 0 Å². The summed E-state index contributed by atoms with van der Waals surface area (Å²) in [5, 5.41) is 20.6. The third kappa shape index (κ3) is 3.79. The quantitative estimate of drug-likeness (QED) is 0.721. The van der Waals surface area contributed by atoms with E-state index in [1.807, 2.05) is 0 Å². The van der Waals surface area contributed by atoms with Gasteiger partial charge in [0.05, 0.1) is 0 Å². The highest BCUT2D eigenvalue weighted by atomic mass is 16.4. The van der Waals surface area contributed by atoms with Crippen molar-refractivity contribution < 1.29 is 19.8 Å². The summed E-state index contributed by atoms with van der Waals surface area (Å²) < 4.78 is 0. The summed E-state index contributed by atoms with van der Waals surface area (Å²) in [5.41, 5.74) is 3.75. The largest absolute Gasteiger partial charge is 0.480 e. The molecule has 2 aliphatic heterocycles. The van der Waals surface area contributed by atoms with Gasteiger partial charge in [-0.15, -0.1) is 0 Å². The Labute approximate surface area is 142 Å². The molecule has 0 aromatic rings. The molecule has 0 spiro atoms. The number of nitrogens with zero attached hydrogens (tertiary/aromatic N) is 1. The molecule has 2 heterocycles. The SMILES string of the molecule is O=C(O)C1CC2=C(CCCC2)N1.O=C(O)C1CC2CCCCC2=N1. The summed E-state index contributed by atoms with van der Waals surface area (Å²) in [6, 6.07) is -0.767. The van der Waals surface area contributed by atoms with Gasteiger partial charge in [0, 0.05) is 17.8 Å². The molecule has 0 aromatic carbocycles. The Morgan fingerprint density at radius 1 is 1.00 bits per heavy atom. The Morgan fingerprint density at radius 3 is 2.42 bits per heavy atom. The topological polar surface area (TPSA) is 99.0 Å². The van der Waals surface area contributed by atoms with E-state index in [2.05, 4.69) is 10.3 Å². The Balaban J connectivity index is 0.000000141. The number of carbonyl (C=O) groups is 2. The molecular formula is C18H26N2O4. The van der Waals surface area contributed by atoms with Gasteiger partial charge >= 0.3 is 11.9 Å². The third-order valence-electron chi connectivity index (χ3n) is 5.50. The predicted molar refractivity (Wildman–Crippen MR) is 90.1 cm³/mol. The van der Waals surface area contributed by atoms with Crippen LogP contribution in [0.1, 0.15) is 64.2 Å². The van der Waals surface area contributed by atoms with E-state index in [1.165, 1.54) is 42.7 Å². The molecule has 6 nitrogen and oxygen atoms in total. The maximum absolute atomic E-state index is 10.7. The number of hydrogen-bond donors (Lipinski definition) is 3. The van der Waals surface area contributed by atoms with E-state index in [0.29, 0.717) is 5.92 Å². The molecule has 132 valence electrons. The lowest BCUT2D eigenvalue weighted by Gasteiger charge is -2.17. The molecule has 3 atom stereocenters. The summed E-state index contributed by atoms with van der Waals surface area (Å²) in [5.74, 6) is -0.971. The van der Waals surface area contributed by atoms with Crippen LogP contribution in [0.5, 0.6) is 0 Å². The number of hydrogen-bond acceptors (Lipinski definition) is 4. The van der Waals surface area contributed by atoms with Gasteiger partial charge in [-0.2, -0.15) is 0 Å². The van der Waals surface area contributed by atoms with Gasteiger partial charge in [-0.1, -0.05) is 6.42 Å². The molecule has 0 radical (unpaired) electrons. The normalized spacial score (nSPS) is 31.2. The van der Waals surface area contributed by atoms with Gasteiger partial charge in [0.2, 0.25) is 0 Å². The number of carboxylic acid groups (broad SMARTS) is 2. The summed E-state index contributed by atoms with van der Waals surface area (Å²) in [4.78, 5) is 25.5. The molecule has 0 bridgehead atoms. The molecule has 3 N–H and O–H groups in total. The van der Waals surface area contributed by atoms with Crippen molar-refractivity contribution in [3.8, 4) is 0 Å². The summed E-state index contributed by atoms with van der Waals surface area (Å²) in [6.45, 7) is 0. The van der Waals surface area contributed by atoms with Crippen molar-refractivity contribution in [2.75, 3.05) is 0 Å². The standard InChI is InChI=1S/2C9H13NO2/c2*11-9(12)8-5-6-3-1-2-4-7(6)10-8/h8,10H,1-5H2,(H,11,12);6,8H,1-5H2,(H,11,12). The number of rotatable bonds is 2. The van der Waals surface area contributed by atoms with Gasteiger partial charge in [-0.25, -0.2) is 9.59 Å². The fraction of sp³-hybridized carbons (Fsp3) is 0.722. The van der Waals surface area contributed by atoms with Crippen molar-refractivity contribution in [3.05, 3.63) is 11.3 Å². The summed E-state index contributed by atoms with van der Waals surface area (Å²) >= 11 is 0. The van der Waals surface area contributed by atoms with Crippen LogP contribution in [0.4, 0.5) is 0 Å². The molecule has 3 unspecified atom stereocenters. The van der Waals surface area contributed by atoms with Gasteiger partial charge in [-0.3, -0.25) is 4.99 Å². The first-order valence-electron chi connectivity index (χ1n) is 9.04. The van der Waals surface area contributed by atoms with E-state index in [9.17, 15) is 9.59 Å². The number of nitrogens with one attached hydrogen (secondary N) is 1. The first kappa shape index (κ1) is 17.0. The third-order valence-corrected chi connectivity index (χ3v) is 5.50. The molecule has 1 saturated carbocycles. The highest BCUT2D eigenvalue weighted by Crippen LogP contribution is 2.32. The van der Waals surface area contributed by atoms with Crippen LogP contribution in [0.25, 0.3) is 0 Å². The van der Waals surface area contributed by atoms with Crippen LogP contribution < -0.4 is 5.32 Å². The number of aliphatic imine (C=N–C) groups is 1. The number of aliphatic carboxylic acids is 2. The maximum atomic E-state index is 10.7. The van der Waals surface area contributed by atoms with E-state index in [1.54, 1.807) is 0 Å². The number of fused-ring (bicyclic) bond motifs is 1. The summed E-state index contributed by atoms with van der Waals surface area (Å²) in [6.07, 6.45) is 10.7. The zero-order valence-corrected chi connectivity index (χ0v) is 14.0. The van der Waals surface area contributed by atoms with Crippen LogP contribution in [0.15, 0.2) is 16.3 Å². The molecular weight excluding hydrogens is 308 g/mol. The highest BCUT2D eigenvalue weighted by molar-refractivity contribution is 5.93. The van der Waals surface area contributed by atoms with Crippen LogP contribution >= 0.6 is 0 Å². The fourth-order valence-electron chi connectivity index (χ4n) is 4.19.